The molecule has 118 valence electrons. The number of imidazole rings is 1. The summed E-state index contributed by atoms with van der Waals surface area (Å²) in [6, 6.07) is 10.0. The second-order valence-corrected chi connectivity index (χ2v) is 5.31. The fourth-order valence-corrected chi connectivity index (χ4v) is 2.37. The van der Waals surface area contributed by atoms with Crippen LogP contribution in [0.15, 0.2) is 48.8 Å². The molecule has 0 saturated carbocycles. The Morgan fingerprint density at radius 2 is 1.96 bits per heavy atom. The summed E-state index contributed by atoms with van der Waals surface area (Å²) >= 11 is 0. The van der Waals surface area contributed by atoms with Crippen LogP contribution in [0.25, 0.3) is 5.65 Å². The molecule has 6 heteroatoms. The number of anilines is 1. The number of nitrogens with one attached hydrogen (secondary N) is 1. The third-order valence-corrected chi connectivity index (χ3v) is 3.45. The van der Waals surface area contributed by atoms with Gasteiger partial charge in [0.15, 0.2) is 0 Å². The Kier molecular flexibility index (Phi) is 4.34. The predicted molar refractivity (Wildman–Crippen MR) is 86.7 cm³/mol. The molecule has 0 aliphatic rings. The minimum Gasteiger partial charge on any atom is -0.330 e. The quantitative estimate of drug-likeness (QED) is 0.759. The second kappa shape index (κ2) is 6.58. The smallest absolute Gasteiger partial charge is 0.225 e. The first kappa shape index (κ1) is 15.2. The second-order valence-electron chi connectivity index (χ2n) is 5.31. The van der Waals surface area contributed by atoms with Crippen molar-refractivity contribution in [2.45, 2.75) is 12.8 Å². The van der Waals surface area contributed by atoms with Crippen LogP contribution in [0.1, 0.15) is 17.7 Å². The van der Waals surface area contributed by atoms with Crippen molar-refractivity contribution in [2.24, 2.45) is 5.73 Å². The average molecular weight is 312 g/mol. The average Bonchev–Trinajstić information content (AvgIpc) is 2.91. The molecule has 3 N–H and O–H groups in total. The van der Waals surface area contributed by atoms with E-state index in [9.17, 15) is 9.18 Å². The van der Waals surface area contributed by atoms with Gasteiger partial charge in [-0.15, -0.1) is 0 Å². The predicted octanol–water partition coefficient (Wildman–Crippen LogP) is 2.35. The number of hydrogen-bond donors (Lipinski definition) is 2. The third-order valence-electron chi connectivity index (χ3n) is 3.45. The zero-order valence-electron chi connectivity index (χ0n) is 12.5. The van der Waals surface area contributed by atoms with E-state index in [0.717, 1.165) is 16.9 Å². The summed E-state index contributed by atoms with van der Waals surface area (Å²) in [5.74, 6) is -0.361. The third kappa shape index (κ3) is 3.73. The molecule has 0 bridgehead atoms. The molecule has 0 fully saturated rings. The topological polar surface area (TPSA) is 72.4 Å². The summed E-state index contributed by atoms with van der Waals surface area (Å²) in [6.45, 7) is 0.320. The Balaban J connectivity index is 1.78. The summed E-state index contributed by atoms with van der Waals surface area (Å²) in [5.41, 5.74) is 8.72. The highest BCUT2D eigenvalue weighted by Gasteiger charge is 2.06. The van der Waals surface area contributed by atoms with Crippen molar-refractivity contribution in [2.75, 3.05) is 11.9 Å². The van der Waals surface area contributed by atoms with Gasteiger partial charge in [0.05, 0.1) is 11.4 Å². The lowest BCUT2D eigenvalue weighted by Crippen LogP contribution is -2.16. The fourth-order valence-electron chi connectivity index (χ4n) is 2.37. The Morgan fingerprint density at radius 3 is 2.70 bits per heavy atom. The number of nitrogens with two attached hydrogens (primary N) is 1. The largest absolute Gasteiger partial charge is 0.330 e. The molecule has 0 unspecified atom stereocenters. The van der Waals surface area contributed by atoms with Gasteiger partial charge >= 0.3 is 0 Å². The lowest BCUT2D eigenvalue weighted by molar-refractivity contribution is -0.116. The molecule has 23 heavy (non-hydrogen) atoms. The molecular weight excluding hydrogens is 295 g/mol. The van der Waals surface area contributed by atoms with Gasteiger partial charge < -0.3 is 15.5 Å². The maximum Gasteiger partial charge on any atom is 0.225 e. The minimum atomic E-state index is -0.249. The molecule has 0 atom stereocenters. The van der Waals surface area contributed by atoms with Crippen LogP contribution in [0.5, 0.6) is 0 Å². The molecule has 0 saturated heterocycles. The highest BCUT2D eigenvalue weighted by Crippen LogP contribution is 2.15. The molecule has 3 aromatic rings. The Bertz CT molecular complexity index is 826. The molecule has 0 spiro atoms. The standard InChI is InChI=1S/C17H17FN4O/c18-13-3-1-12(2-4-13)9-15-11-22-10-14(5-6-16(22)20-15)21-17(23)7-8-19/h1-6,10-11H,7-9,19H2,(H,21,23). The maximum atomic E-state index is 12.9. The van der Waals surface area contributed by atoms with Crippen molar-refractivity contribution in [3.63, 3.8) is 0 Å². The lowest BCUT2D eigenvalue weighted by Gasteiger charge is -2.04. The van der Waals surface area contributed by atoms with Crippen LogP contribution in [0, 0.1) is 5.82 Å². The zero-order valence-corrected chi connectivity index (χ0v) is 12.5. The van der Waals surface area contributed by atoms with Gasteiger partial charge in [-0.3, -0.25) is 4.79 Å². The Hall–Kier alpha value is -2.73. The summed E-state index contributed by atoms with van der Waals surface area (Å²) in [7, 11) is 0. The lowest BCUT2D eigenvalue weighted by atomic mass is 10.1. The van der Waals surface area contributed by atoms with E-state index in [2.05, 4.69) is 10.3 Å². The van der Waals surface area contributed by atoms with Crippen LogP contribution in [0.3, 0.4) is 0 Å². The fraction of sp³-hybridized carbons (Fsp3) is 0.176. The van der Waals surface area contributed by atoms with E-state index in [0.29, 0.717) is 18.7 Å². The number of pyridine rings is 1. The summed E-state index contributed by atoms with van der Waals surface area (Å²) < 4.78 is 14.8. The molecule has 2 aromatic heterocycles. The number of fused-ring (bicyclic) bond motifs is 1. The summed E-state index contributed by atoms with van der Waals surface area (Å²) in [5, 5.41) is 2.79. The van der Waals surface area contributed by atoms with Crippen molar-refractivity contribution >= 4 is 17.2 Å². The number of rotatable bonds is 5. The van der Waals surface area contributed by atoms with Crippen LogP contribution in [-0.4, -0.2) is 21.8 Å². The number of benzene rings is 1. The van der Waals surface area contributed by atoms with Crippen molar-refractivity contribution < 1.29 is 9.18 Å². The summed E-state index contributed by atoms with van der Waals surface area (Å²) in [6.07, 6.45) is 4.62. The van der Waals surface area contributed by atoms with E-state index in [1.807, 2.05) is 22.9 Å². The van der Waals surface area contributed by atoms with Gasteiger partial charge in [0.1, 0.15) is 11.5 Å². The van der Waals surface area contributed by atoms with Crippen molar-refractivity contribution in [1.82, 2.24) is 9.38 Å². The highest BCUT2D eigenvalue weighted by atomic mass is 19.1. The van der Waals surface area contributed by atoms with Gasteiger partial charge in [-0.25, -0.2) is 9.37 Å². The molecule has 1 amide bonds. The number of aromatic nitrogens is 2. The van der Waals surface area contributed by atoms with E-state index < -0.39 is 0 Å². The van der Waals surface area contributed by atoms with Gasteiger partial charge in [-0.05, 0) is 29.8 Å². The molecule has 5 nitrogen and oxygen atoms in total. The van der Waals surface area contributed by atoms with Gasteiger partial charge in [0, 0.05) is 31.8 Å². The number of amides is 1. The van der Waals surface area contributed by atoms with Crippen LogP contribution in [0.4, 0.5) is 10.1 Å². The van der Waals surface area contributed by atoms with Crippen molar-refractivity contribution in [1.29, 1.82) is 0 Å². The van der Waals surface area contributed by atoms with E-state index in [4.69, 9.17) is 5.73 Å². The molecule has 1 aromatic carbocycles. The SMILES string of the molecule is NCCC(=O)Nc1ccc2nc(Cc3ccc(F)cc3)cn2c1. The van der Waals surface area contributed by atoms with Crippen LogP contribution < -0.4 is 11.1 Å². The number of carbonyl (C=O) groups excluding carboxylic acids is 1. The number of halogens is 1. The Morgan fingerprint density at radius 1 is 1.17 bits per heavy atom. The molecular formula is C17H17FN4O. The number of carbonyl (C=O) groups is 1. The number of nitrogens with zero attached hydrogens (tertiary/aromatic N) is 2. The highest BCUT2D eigenvalue weighted by molar-refractivity contribution is 5.90. The monoisotopic (exact) mass is 312 g/mol. The summed E-state index contributed by atoms with van der Waals surface area (Å²) in [4.78, 5) is 16.1. The maximum absolute atomic E-state index is 12.9. The van der Waals surface area contributed by atoms with Crippen LogP contribution in [-0.2, 0) is 11.2 Å². The van der Waals surface area contributed by atoms with Crippen LogP contribution >= 0.6 is 0 Å². The first-order chi connectivity index (χ1) is 11.1. The molecule has 0 aliphatic heterocycles. The van der Waals surface area contributed by atoms with Gasteiger partial charge in [-0.1, -0.05) is 12.1 Å². The Labute approximate surface area is 133 Å². The van der Waals surface area contributed by atoms with E-state index >= 15 is 0 Å². The molecule has 0 aliphatic carbocycles. The van der Waals surface area contributed by atoms with Crippen molar-refractivity contribution in [3.8, 4) is 0 Å². The molecule has 0 radical (unpaired) electrons. The van der Waals surface area contributed by atoms with Crippen molar-refractivity contribution in [3.05, 3.63) is 65.9 Å². The van der Waals surface area contributed by atoms with E-state index in [-0.39, 0.29) is 18.1 Å². The van der Waals surface area contributed by atoms with Gasteiger partial charge in [-0.2, -0.15) is 0 Å². The van der Waals surface area contributed by atoms with Crippen LogP contribution in [0.2, 0.25) is 0 Å². The first-order valence-corrected chi connectivity index (χ1v) is 7.36. The van der Waals surface area contributed by atoms with E-state index in [1.54, 1.807) is 18.2 Å². The molecule has 3 rings (SSSR count). The van der Waals surface area contributed by atoms with Gasteiger partial charge in [0.2, 0.25) is 5.91 Å². The van der Waals surface area contributed by atoms with E-state index in [1.165, 1.54) is 12.1 Å². The minimum absolute atomic E-state index is 0.112. The zero-order chi connectivity index (χ0) is 16.2. The normalized spacial score (nSPS) is 10.9. The first-order valence-electron chi connectivity index (χ1n) is 7.36. The number of hydrogen-bond acceptors (Lipinski definition) is 3. The van der Waals surface area contributed by atoms with Gasteiger partial charge in [0.25, 0.3) is 0 Å². The molecule has 2 heterocycles.